The van der Waals surface area contributed by atoms with Crippen molar-refractivity contribution in [3.8, 4) is 11.5 Å². The number of carbonyl (C=O) groups excluding carboxylic acids is 1. The van der Waals surface area contributed by atoms with E-state index in [1.165, 1.54) is 6.42 Å². The van der Waals surface area contributed by atoms with Crippen LogP contribution >= 0.6 is 0 Å². The van der Waals surface area contributed by atoms with Crippen LogP contribution in [-0.2, 0) is 13.0 Å². The molecule has 0 aliphatic carbocycles. The van der Waals surface area contributed by atoms with E-state index in [9.17, 15) is 4.79 Å². The van der Waals surface area contributed by atoms with E-state index in [2.05, 4.69) is 20.1 Å². The fraction of sp³-hybridized carbons (Fsp3) is 0.526. The number of ether oxygens (including phenoxy) is 2. The van der Waals surface area contributed by atoms with E-state index in [-0.39, 0.29) is 11.9 Å². The largest absolute Gasteiger partial charge is 0.486 e. The minimum atomic E-state index is 0.0197. The molecule has 0 spiro atoms. The van der Waals surface area contributed by atoms with Crippen molar-refractivity contribution in [2.45, 2.75) is 31.8 Å². The molecule has 1 saturated heterocycles. The van der Waals surface area contributed by atoms with Crippen LogP contribution in [0.2, 0.25) is 0 Å². The summed E-state index contributed by atoms with van der Waals surface area (Å²) in [6.07, 6.45) is 2.98. The van der Waals surface area contributed by atoms with Crippen LogP contribution in [0.1, 0.15) is 40.9 Å². The van der Waals surface area contributed by atoms with Gasteiger partial charge in [-0.15, -0.1) is 10.2 Å². The maximum Gasteiger partial charge on any atom is 0.254 e. The van der Waals surface area contributed by atoms with Gasteiger partial charge in [-0.25, -0.2) is 0 Å². The number of rotatable bonds is 2. The average Bonchev–Trinajstić information content (AvgIpc) is 3.33. The first kappa shape index (κ1) is 16.6. The maximum atomic E-state index is 13.0. The minimum absolute atomic E-state index is 0.0197. The first-order chi connectivity index (χ1) is 13.3. The molecule has 27 heavy (non-hydrogen) atoms. The third kappa shape index (κ3) is 3.03. The van der Waals surface area contributed by atoms with Crippen molar-refractivity contribution in [3.05, 3.63) is 35.4 Å². The Bertz CT molecular complexity index is 859. The van der Waals surface area contributed by atoms with Crippen LogP contribution in [0, 0.1) is 0 Å². The molecule has 8 nitrogen and oxygen atoms in total. The molecule has 1 aromatic carbocycles. The van der Waals surface area contributed by atoms with Crippen molar-refractivity contribution in [1.82, 2.24) is 25.0 Å². The molecule has 1 N–H and O–H groups in total. The Kier molecular flexibility index (Phi) is 4.20. The summed E-state index contributed by atoms with van der Waals surface area (Å²) in [5.41, 5.74) is 0.634. The van der Waals surface area contributed by atoms with Crippen LogP contribution in [-0.4, -0.2) is 58.4 Å². The highest BCUT2D eigenvalue weighted by atomic mass is 16.6. The third-order valence-electron chi connectivity index (χ3n) is 5.50. The number of benzene rings is 1. The lowest BCUT2D eigenvalue weighted by molar-refractivity contribution is 0.0757. The number of nitrogens with one attached hydrogen (secondary N) is 1. The molecule has 0 bridgehead atoms. The van der Waals surface area contributed by atoms with Crippen LogP contribution in [0.5, 0.6) is 11.5 Å². The molecule has 8 heteroatoms. The third-order valence-corrected chi connectivity index (χ3v) is 5.50. The van der Waals surface area contributed by atoms with Gasteiger partial charge in [-0.05, 0) is 37.6 Å². The van der Waals surface area contributed by atoms with Crippen LogP contribution in [0.25, 0.3) is 0 Å². The number of aromatic nitrogens is 3. The maximum absolute atomic E-state index is 13.0. The zero-order valence-electron chi connectivity index (χ0n) is 15.2. The van der Waals surface area contributed by atoms with E-state index < -0.39 is 0 Å². The topological polar surface area (TPSA) is 81.5 Å². The molecule has 5 rings (SSSR count). The molecule has 142 valence electrons. The van der Waals surface area contributed by atoms with Gasteiger partial charge in [-0.3, -0.25) is 4.79 Å². The van der Waals surface area contributed by atoms with Crippen molar-refractivity contribution in [2.24, 2.45) is 0 Å². The lowest BCUT2D eigenvalue weighted by atomic mass is 10.1. The molecule has 0 saturated carbocycles. The van der Waals surface area contributed by atoms with E-state index in [4.69, 9.17) is 9.47 Å². The van der Waals surface area contributed by atoms with E-state index in [0.29, 0.717) is 43.4 Å². The van der Waals surface area contributed by atoms with Gasteiger partial charge >= 0.3 is 0 Å². The number of hydrogen-bond acceptors (Lipinski definition) is 6. The van der Waals surface area contributed by atoms with Crippen LogP contribution in [0.15, 0.2) is 18.2 Å². The predicted octanol–water partition coefficient (Wildman–Crippen LogP) is 1.17. The fourth-order valence-corrected chi connectivity index (χ4v) is 4.07. The molecule has 1 fully saturated rings. The van der Waals surface area contributed by atoms with E-state index >= 15 is 0 Å². The van der Waals surface area contributed by atoms with Gasteiger partial charge in [0, 0.05) is 31.6 Å². The lowest BCUT2D eigenvalue weighted by Gasteiger charge is -2.22. The first-order valence-corrected chi connectivity index (χ1v) is 9.64. The van der Waals surface area contributed by atoms with E-state index in [1.807, 2.05) is 17.0 Å². The highest BCUT2D eigenvalue weighted by Gasteiger charge is 2.27. The summed E-state index contributed by atoms with van der Waals surface area (Å²) in [4.78, 5) is 14.9. The highest BCUT2D eigenvalue weighted by Crippen LogP contribution is 2.31. The summed E-state index contributed by atoms with van der Waals surface area (Å²) in [6, 6.07) is 5.70. The summed E-state index contributed by atoms with van der Waals surface area (Å²) in [5.74, 6) is 3.35. The molecule has 1 aromatic heterocycles. The molecule has 2 aromatic rings. The molecular formula is C19H23N5O3. The Labute approximate surface area is 157 Å². The van der Waals surface area contributed by atoms with Gasteiger partial charge in [0.1, 0.15) is 24.9 Å². The van der Waals surface area contributed by atoms with Gasteiger partial charge in [-0.1, -0.05) is 0 Å². The summed E-state index contributed by atoms with van der Waals surface area (Å²) in [5, 5.41) is 12.3. The molecular weight excluding hydrogens is 346 g/mol. The quantitative estimate of drug-likeness (QED) is 0.856. The van der Waals surface area contributed by atoms with E-state index in [0.717, 1.165) is 37.6 Å². The second-order valence-corrected chi connectivity index (χ2v) is 7.18. The van der Waals surface area contributed by atoms with Gasteiger partial charge in [0.05, 0.1) is 6.04 Å². The summed E-state index contributed by atoms with van der Waals surface area (Å²) >= 11 is 0. The number of amides is 1. The number of hydrogen-bond donors (Lipinski definition) is 1. The van der Waals surface area contributed by atoms with Gasteiger partial charge in [-0.2, -0.15) is 0 Å². The Morgan fingerprint density at radius 2 is 2.00 bits per heavy atom. The summed E-state index contributed by atoms with van der Waals surface area (Å²) in [7, 11) is 0. The second-order valence-electron chi connectivity index (χ2n) is 7.18. The predicted molar refractivity (Wildman–Crippen MR) is 97.0 cm³/mol. The lowest BCUT2D eigenvalue weighted by Crippen LogP contribution is -2.34. The molecule has 1 unspecified atom stereocenters. The Morgan fingerprint density at radius 3 is 2.85 bits per heavy atom. The zero-order valence-corrected chi connectivity index (χ0v) is 15.2. The molecule has 1 amide bonds. The van der Waals surface area contributed by atoms with Gasteiger partial charge in [0.25, 0.3) is 5.91 Å². The molecule has 1 atom stereocenters. The fourth-order valence-electron chi connectivity index (χ4n) is 4.07. The Morgan fingerprint density at radius 1 is 1.11 bits per heavy atom. The Balaban J connectivity index is 1.33. The van der Waals surface area contributed by atoms with Crippen molar-refractivity contribution >= 4 is 5.91 Å². The van der Waals surface area contributed by atoms with Crippen molar-refractivity contribution in [1.29, 1.82) is 0 Å². The van der Waals surface area contributed by atoms with Crippen LogP contribution in [0.4, 0.5) is 0 Å². The molecule has 4 heterocycles. The van der Waals surface area contributed by atoms with Gasteiger partial charge in [0.2, 0.25) is 0 Å². The number of nitrogens with zero attached hydrogens (tertiary/aromatic N) is 4. The molecule has 3 aliphatic heterocycles. The van der Waals surface area contributed by atoms with Crippen molar-refractivity contribution in [3.63, 3.8) is 0 Å². The Hall–Kier alpha value is -2.61. The van der Waals surface area contributed by atoms with Gasteiger partial charge in [0.15, 0.2) is 11.5 Å². The number of carbonyl (C=O) groups is 1. The monoisotopic (exact) mass is 369 g/mol. The van der Waals surface area contributed by atoms with Crippen molar-refractivity contribution < 1.29 is 14.3 Å². The zero-order chi connectivity index (χ0) is 18.2. The average molecular weight is 369 g/mol. The van der Waals surface area contributed by atoms with Crippen LogP contribution < -0.4 is 14.8 Å². The van der Waals surface area contributed by atoms with Crippen LogP contribution in [0.3, 0.4) is 0 Å². The SMILES string of the molecule is O=C(c1ccc2c(c1)OCCO2)N1CCc2nnc(C3CCCN3)n2CC1. The normalized spacial score (nSPS) is 21.6. The smallest absolute Gasteiger partial charge is 0.254 e. The number of fused-ring (bicyclic) bond motifs is 2. The first-order valence-electron chi connectivity index (χ1n) is 9.64. The van der Waals surface area contributed by atoms with Gasteiger partial charge < -0.3 is 24.3 Å². The molecule has 0 radical (unpaired) electrons. The molecule has 3 aliphatic rings. The minimum Gasteiger partial charge on any atom is -0.486 e. The van der Waals surface area contributed by atoms with Crippen molar-refractivity contribution in [2.75, 3.05) is 32.8 Å². The summed E-state index contributed by atoms with van der Waals surface area (Å²) in [6.45, 7) is 4.11. The highest BCUT2D eigenvalue weighted by molar-refractivity contribution is 5.95. The summed E-state index contributed by atoms with van der Waals surface area (Å²) < 4.78 is 13.3. The van der Waals surface area contributed by atoms with E-state index in [1.54, 1.807) is 6.07 Å². The second kappa shape index (κ2) is 6.84. The standard InChI is InChI=1S/C19H23N5O3/c25-19(13-3-4-15-16(12-13)27-11-10-26-15)23-7-5-17-21-22-18(24(17)9-8-23)14-2-1-6-20-14/h3-4,12,14,20H,1-2,5-11H2.